The molecule has 0 atom stereocenters. The van der Waals surface area contributed by atoms with Crippen LogP contribution < -0.4 is 10.1 Å². The Bertz CT molecular complexity index is 956. The molecule has 0 unspecified atom stereocenters. The van der Waals surface area contributed by atoms with Gasteiger partial charge >= 0.3 is 0 Å². The molecule has 0 spiro atoms. The number of benzene rings is 2. The molecule has 1 aromatic heterocycles. The maximum Gasteiger partial charge on any atom is 0.255 e. The van der Waals surface area contributed by atoms with Crippen molar-refractivity contribution in [3.8, 4) is 5.75 Å². The van der Waals surface area contributed by atoms with Crippen molar-refractivity contribution in [3.05, 3.63) is 77.6 Å². The highest BCUT2D eigenvalue weighted by atomic mass is 16.5. The SMILES string of the molecule is COCn1cc(NC(=O)c2cccc(COc3ccc(C(C)(C)C)cc3)c2)cn1. The van der Waals surface area contributed by atoms with Crippen LogP contribution in [0.25, 0.3) is 0 Å². The van der Waals surface area contributed by atoms with Gasteiger partial charge in [-0.3, -0.25) is 4.79 Å². The largest absolute Gasteiger partial charge is 0.489 e. The van der Waals surface area contributed by atoms with E-state index in [2.05, 4.69) is 43.3 Å². The van der Waals surface area contributed by atoms with Crippen LogP contribution in [0.1, 0.15) is 42.3 Å². The Labute approximate surface area is 171 Å². The van der Waals surface area contributed by atoms with E-state index in [0.29, 0.717) is 24.6 Å². The Kier molecular flexibility index (Phi) is 6.34. The van der Waals surface area contributed by atoms with Gasteiger partial charge in [0.05, 0.1) is 18.1 Å². The van der Waals surface area contributed by atoms with Crippen LogP contribution in [0, 0.1) is 0 Å². The van der Waals surface area contributed by atoms with E-state index < -0.39 is 0 Å². The van der Waals surface area contributed by atoms with Crippen LogP contribution in [0.2, 0.25) is 0 Å². The first-order valence-electron chi connectivity index (χ1n) is 9.50. The van der Waals surface area contributed by atoms with Gasteiger partial charge in [0.25, 0.3) is 5.91 Å². The summed E-state index contributed by atoms with van der Waals surface area (Å²) >= 11 is 0. The molecular formula is C23H27N3O3. The molecule has 0 aliphatic carbocycles. The number of methoxy groups -OCH3 is 1. The van der Waals surface area contributed by atoms with Crippen LogP contribution in [0.3, 0.4) is 0 Å². The van der Waals surface area contributed by atoms with Crippen molar-refractivity contribution in [2.24, 2.45) is 0 Å². The highest BCUT2D eigenvalue weighted by molar-refractivity contribution is 6.04. The molecule has 0 aliphatic heterocycles. The molecule has 3 rings (SSSR count). The first-order valence-corrected chi connectivity index (χ1v) is 9.50. The van der Waals surface area contributed by atoms with E-state index >= 15 is 0 Å². The lowest BCUT2D eigenvalue weighted by Gasteiger charge is -2.19. The topological polar surface area (TPSA) is 65.4 Å². The maximum absolute atomic E-state index is 12.5. The summed E-state index contributed by atoms with van der Waals surface area (Å²) in [5.74, 6) is 0.608. The van der Waals surface area contributed by atoms with E-state index in [-0.39, 0.29) is 11.3 Å². The van der Waals surface area contributed by atoms with E-state index in [9.17, 15) is 4.79 Å². The second-order valence-corrected chi connectivity index (χ2v) is 7.90. The molecule has 152 valence electrons. The number of hydrogen-bond acceptors (Lipinski definition) is 4. The van der Waals surface area contributed by atoms with Gasteiger partial charge in [0.15, 0.2) is 0 Å². The Morgan fingerprint density at radius 1 is 1.14 bits per heavy atom. The Morgan fingerprint density at radius 2 is 1.90 bits per heavy atom. The van der Waals surface area contributed by atoms with Gasteiger partial charge < -0.3 is 14.8 Å². The second-order valence-electron chi connectivity index (χ2n) is 7.90. The molecular weight excluding hydrogens is 366 g/mol. The summed E-state index contributed by atoms with van der Waals surface area (Å²) in [5, 5.41) is 6.95. The van der Waals surface area contributed by atoms with Crippen LogP contribution in [0.5, 0.6) is 5.75 Å². The Morgan fingerprint density at radius 3 is 2.59 bits per heavy atom. The van der Waals surface area contributed by atoms with E-state index in [4.69, 9.17) is 9.47 Å². The van der Waals surface area contributed by atoms with Crippen LogP contribution in [-0.2, 0) is 23.5 Å². The molecule has 6 heteroatoms. The van der Waals surface area contributed by atoms with E-state index in [1.165, 1.54) is 5.56 Å². The molecule has 0 saturated carbocycles. The van der Waals surface area contributed by atoms with Crippen molar-refractivity contribution in [1.29, 1.82) is 0 Å². The third-order valence-electron chi connectivity index (χ3n) is 4.47. The molecule has 1 N–H and O–H groups in total. The molecule has 0 saturated heterocycles. The lowest BCUT2D eigenvalue weighted by atomic mass is 9.87. The van der Waals surface area contributed by atoms with E-state index in [0.717, 1.165) is 11.3 Å². The maximum atomic E-state index is 12.5. The van der Waals surface area contributed by atoms with Gasteiger partial charge in [0.1, 0.15) is 19.1 Å². The number of aromatic nitrogens is 2. The van der Waals surface area contributed by atoms with Crippen LogP contribution in [-0.4, -0.2) is 22.8 Å². The van der Waals surface area contributed by atoms with Gasteiger partial charge in [-0.25, -0.2) is 4.68 Å². The van der Waals surface area contributed by atoms with Gasteiger partial charge in [0.2, 0.25) is 0 Å². The molecule has 1 amide bonds. The predicted octanol–water partition coefficient (Wildman–Crippen LogP) is 4.62. The van der Waals surface area contributed by atoms with Gasteiger partial charge in [-0.2, -0.15) is 5.10 Å². The zero-order valence-electron chi connectivity index (χ0n) is 17.3. The van der Waals surface area contributed by atoms with Crippen molar-refractivity contribution in [2.45, 2.75) is 39.5 Å². The molecule has 29 heavy (non-hydrogen) atoms. The third kappa shape index (κ3) is 5.68. The van der Waals surface area contributed by atoms with Gasteiger partial charge in [-0.05, 0) is 40.8 Å². The second kappa shape index (κ2) is 8.92. The van der Waals surface area contributed by atoms with Gasteiger partial charge in [-0.1, -0.05) is 45.0 Å². The number of rotatable bonds is 7. The van der Waals surface area contributed by atoms with Crippen LogP contribution in [0.4, 0.5) is 5.69 Å². The van der Waals surface area contributed by atoms with E-state index in [1.807, 2.05) is 30.3 Å². The Hall–Kier alpha value is -3.12. The van der Waals surface area contributed by atoms with Crippen LogP contribution >= 0.6 is 0 Å². The molecule has 0 bridgehead atoms. The number of carbonyl (C=O) groups excluding carboxylic acids is 1. The summed E-state index contributed by atoms with van der Waals surface area (Å²) < 4.78 is 12.5. The normalized spacial score (nSPS) is 11.3. The number of amides is 1. The molecule has 0 radical (unpaired) electrons. The number of anilines is 1. The molecule has 1 heterocycles. The quantitative estimate of drug-likeness (QED) is 0.636. The average Bonchev–Trinajstić information content (AvgIpc) is 3.13. The first kappa shape index (κ1) is 20.6. The van der Waals surface area contributed by atoms with Crippen molar-refractivity contribution < 1.29 is 14.3 Å². The fourth-order valence-electron chi connectivity index (χ4n) is 2.85. The van der Waals surface area contributed by atoms with Crippen molar-refractivity contribution in [1.82, 2.24) is 9.78 Å². The zero-order valence-corrected chi connectivity index (χ0v) is 17.3. The van der Waals surface area contributed by atoms with Crippen molar-refractivity contribution in [2.75, 3.05) is 12.4 Å². The molecule has 6 nitrogen and oxygen atoms in total. The molecule has 0 aliphatic rings. The standard InChI is InChI=1S/C23H27N3O3/c1-23(2,3)19-8-10-21(11-9-19)29-15-17-6-5-7-18(12-17)22(27)25-20-13-24-26(14-20)16-28-4/h5-14H,15-16H2,1-4H3,(H,25,27). The fraction of sp³-hybridized carbons (Fsp3) is 0.304. The number of nitrogens with one attached hydrogen (secondary N) is 1. The lowest BCUT2D eigenvalue weighted by Crippen LogP contribution is -2.12. The highest BCUT2D eigenvalue weighted by Gasteiger charge is 2.13. The number of nitrogens with zero attached hydrogens (tertiary/aromatic N) is 2. The first-order chi connectivity index (χ1) is 13.8. The fourth-order valence-corrected chi connectivity index (χ4v) is 2.85. The number of carbonyl (C=O) groups is 1. The monoisotopic (exact) mass is 393 g/mol. The number of ether oxygens (including phenoxy) is 2. The third-order valence-corrected chi connectivity index (χ3v) is 4.47. The summed E-state index contributed by atoms with van der Waals surface area (Å²) in [5.41, 5.74) is 3.48. The summed E-state index contributed by atoms with van der Waals surface area (Å²) in [7, 11) is 1.59. The van der Waals surface area contributed by atoms with Crippen molar-refractivity contribution in [3.63, 3.8) is 0 Å². The van der Waals surface area contributed by atoms with E-state index in [1.54, 1.807) is 30.3 Å². The van der Waals surface area contributed by atoms with Crippen molar-refractivity contribution >= 4 is 11.6 Å². The predicted molar refractivity (Wildman–Crippen MR) is 113 cm³/mol. The molecule has 2 aromatic carbocycles. The van der Waals surface area contributed by atoms with Crippen LogP contribution in [0.15, 0.2) is 60.9 Å². The summed E-state index contributed by atoms with van der Waals surface area (Å²) in [6.45, 7) is 7.27. The lowest BCUT2D eigenvalue weighted by molar-refractivity contribution is 0.102. The number of hydrogen-bond donors (Lipinski definition) is 1. The van der Waals surface area contributed by atoms with Gasteiger partial charge in [-0.15, -0.1) is 0 Å². The molecule has 3 aromatic rings. The Balaban J connectivity index is 1.60. The minimum atomic E-state index is -0.196. The minimum Gasteiger partial charge on any atom is -0.489 e. The zero-order chi connectivity index (χ0) is 20.9. The average molecular weight is 393 g/mol. The highest BCUT2D eigenvalue weighted by Crippen LogP contribution is 2.24. The molecule has 0 fully saturated rings. The minimum absolute atomic E-state index is 0.111. The smallest absolute Gasteiger partial charge is 0.255 e. The summed E-state index contributed by atoms with van der Waals surface area (Å²) in [4.78, 5) is 12.5. The summed E-state index contributed by atoms with van der Waals surface area (Å²) in [6, 6.07) is 15.5. The summed E-state index contributed by atoms with van der Waals surface area (Å²) in [6.07, 6.45) is 3.31. The van der Waals surface area contributed by atoms with Gasteiger partial charge in [0, 0.05) is 12.7 Å².